The monoisotopic (exact) mass is 393 g/mol. The van der Waals surface area contributed by atoms with E-state index in [0.717, 1.165) is 23.1 Å². The lowest BCUT2D eigenvalue weighted by molar-refractivity contribution is -0.115. The minimum atomic E-state index is -2.98. The molecule has 27 heavy (non-hydrogen) atoms. The molecule has 0 aliphatic heterocycles. The van der Waals surface area contributed by atoms with Crippen LogP contribution < -0.4 is 10.1 Å². The number of aromatic nitrogens is 4. The van der Waals surface area contributed by atoms with Gasteiger partial charge in [-0.3, -0.25) is 4.79 Å². The average Bonchev–Trinajstić information content (AvgIpc) is 2.98. The van der Waals surface area contributed by atoms with Gasteiger partial charge in [-0.25, -0.2) is 9.50 Å². The summed E-state index contributed by atoms with van der Waals surface area (Å²) in [5, 5.41) is 6.77. The van der Waals surface area contributed by atoms with E-state index in [4.69, 9.17) is 0 Å². The average molecular weight is 393 g/mol. The maximum absolute atomic E-state index is 12.5. The Morgan fingerprint density at radius 3 is 2.74 bits per heavy atom. The van der Waals surface area contributed by atoms with Crippen molar-refractivity contribution in [2.24, 2.45) is 0 Å². The van der Waals surface area contributed by atoms with Crippen LogP contribution in [0.15, 0.2) is 35.5 Å². The summed E-state index contributed by atoms with van der Waals surface area (Å²) < 4.78 is 31.0. The molecule has 0 radical (unpaired) electrons. The molecule has 10 heteroatoms. The molecule has 0 saturated carbocycles. The van der Waals surface area contributed by atoms with E-state index in [2.05, 4.69) is 25.1 Å². The number of nitrogens with one attached hydrogen (secondary N) is 1. The highest BCUT2D eigenvalue weighted by Gasteiger charge is 2.20. The quantitative estimate of drug-likeness (QED) is 0.646. The van der Waals surface area contributed by atoms with Crippen LogP contribution in [-0.4, -0.2) is 37.4 Å². The van der Waals surface area contributed by atoms with Crippen molar-refractivity contribution in [3.8, 4) is 5.75 Å². The number of carbonyl (C=O) groups is 1. The molecule has 3 rings (SSSR count). The third kappa shape index (κ3) is 4.51. The molecule has 0 aliphatic carbocycles. The molecule has 0 saturated heterocycles. The van der Waals surface area contributed by atoms with E-state index in [1.54, 1.807) is 23.6 Å². The number of thioether (sulfide) groups is 1. The van der Waals surface area contributed by atoms with Crippen LogP contribution in [0, 0.1) is 13.8 Å². The Morgan fingerprint density at radius 1 is 1.26 bits per heavy atom. The van der Waals surface area contributed by atoms with Crippen LogP contribution in [-0.2, 0) is 4.79 Å². The molecule has 0 fully saturated rings. The molecule has 1 amide bonds. The Bertz CT molecular complexity index is 979. The SMILES string of the molecule is Cc1cc(C)n2nc(SC(C)C(=O)Nc3ccccc3OC(F)F)nc2n1. The summed E-state index contributed by atoms with van der Waals surface area (Å²) in [6, 6.07) is 7.90. The predicted molar refractivity (Wildman–Crippen MR) is 97.3 cm³/mol. The molecule has 2 heterocycles. The number of hydrogen-bond donors (Lipinski definition) is 1. The van der Waals surface area contributed by atoms with Crippen molar-refractivity contribution in [2.75, 3.05) is 5.32 Å². The minimum Gasteiger partial charge on any atom is -0.433 e. The largest absolute Gasteiger partial charge is 0.433 e. The number of hydrogen-bond acceptors (Lipinski definition) is 6. The Balaban J connectivity index is 1.72. The summed E-state index contributed by atoms with van der Waals surface area (Å²) in [6.07, 6.45) is 0. The Morgan fingerprint density at radius 2 is 2.00 bits per heavy atom. The van der Waals surface area contributed by atoms with Gasteiger partial charge in [0.15, 0.2) is 0 Å². The van der Waals surface area contributed by atoms with Gasteiger partial charge in [0.05, 0.1) is 10.9 Å². The first-order valence-corrected chi connectivity index (χ1v) is 8.94. The van der Waals surface area contributed by atoms with Gasteiger partial charge < -0.3 is 10.1 Å². The minimum absolute atomic E-state index is 0.0980. The maximum Gasteiger partial charge on any atom is 0.387 e. The van der Waals surface area contributed by atoms with Crippen LogP contribution in [0.1, 0.15) is 18.3 Å². The van der Waals surface area contributed by atoms with Gasteiger partial charge >= 0.3 is 6.61 Å². The summed E-state index contributed by atoms with van der Waals surface area (Å²) in [5.41, 5.74) is 1.88. The van der Waals surface area contributed by atoms with Crippen LogP contribution >= 0.6 is 11.8 Å². The Hall–Kier alpha value is -2.75. The molecule has 0 spiro atoms. The van der Waals surface area contributed by atoms with Gasteiger partial charge in [0.1, 0.15) is 5.75 Å². The molecular weight excluding hydrogens is 376 g/mol. The number of halogens is 2. The topological polar surface area (TPSA) is 81.4 Å². The molecule has 3 aromatic rings. The lowest BCUT2D eigenvalue weighted by Crippen LogP contribution is -2.23. The fraction of sp³-hybridized carbons (Fsp3) is 0.294. The molecular formula is C17H17F2N5O2S. The highest BCUT2D eigenvalue weighted by atomic mass is 32.2. The predicted octanol–water partition coefficient (Wildman–Crippen LogP) is 3.46. The van der Waals surface area contributed by atoms with Gasteiger partial charge in [-0.1, -0.05) is 23.9 Å². The number of ether oxygens (including phenoxy) is 1. The van der Waals surface area contributed by atoms with Gasteiger partial charge in [-0.05, 0) is 39.0 Å². The molecule has 1 N–H and O–H groups in total. The molecule has 1 aromatic carbocycles. The van der Waals surface area contributed by atoms with E-state index >= 15 is 0 Å². The van der Waals surface area contributed by atoms with Crippen LogP contribution in [0.25, 0.3) is 5.78 Å². The number of rotatable bonds is 6. The van der Waals surface area contributed by atoms with E-state index in [1.807, 2.05) is 19.9 Å². The van der Waals surface area contributed by atoms with Crippen molar-refractivity contribution in [1.29, 1.82) is 0 Å². The smallest absolute Gasteiger partial charge is 0.387 e. The number of carbonyl (C=O) groups excluding carboxylic acids is 1. The highest BCUT2D eigenvalue weighted by Crippen LogP contribution is 2.27. The number of fused-ring (bicyclic) bond motifs is 1. The van der Waals surface area contributed by atoms with Crippen LogP contribution in [0.4, 0.5) is 14.5 Å². The van der Waals surface area contributed by atoms with Crippen molar-refractivity contribution in [1.82, 2.24) is 19.6 Å². The number of benzene rings is 1. The zero-order chi connectivity index (χ0) is 19.6. The summed E-state index contributed by atoms with van der Waals surface area (Å²) >= 11 is 1.15. The van der Waals surface area contributed by atoms with Crippen molar-refractivity contribution in [3.05, 3.63) is 41.7 Å². The van der Waals surface area contributed by atoms with Crippen molar-refractivity contribution >= 4 is 29.1 Å². The molecule has 2 aromatic heterocycles. The molecule has 142 valence electrons. The summed E-state index contributed by atoms with van der Waals surface area (Å²) in [5.74, 6) is -0.0254. The van der Waals surface area contributed by atoms with Crippen molar-refractivity contribution in [2.45, 2.75) is 37.8 Å². The fourth-order valence-corrected chi connectivity index (χ4v) is 3.16. The van der Waals surface area contributed by atoms with E-state index in [-0.39, 0.29) is 17.3 Å². The number of alkyl halides is 2. The fourth-order valence-electron chi connectivity index (χ4n) is 2.41. The normalized spacial score (nSPS) is 12.4. The zero-order valence-corrected chi connectivity index (χ0v) is 15.6. The maximum atomic E-state index is 12.5. The van der Waals surface area contributed by atoms with E-state index in [1.165, 1.54) is 12.1 Å². The second-order valence-corrected chi connectivity index (χ2v) is 7.08. The molecule has 1 unspecified atom stereocenters. The highest BCUT2D eigenvalue weighted by molar-refractivity contribution is 8.00. The molecule has 7 nitrogen and oxygen atoms in total. The Labute approximate surface area is 158 Å². The van der Waals surface area contributed by atoms with Gasteiger partial charge in [0.25, 0.3) is 5.78 Å². The number of nitrogens with zero attached hydrogens (tertiary/aromatic N) is 4. The van der Waals surface area contributed by atoms with Crippen LogP contribution in [0.3, 0.4) is 0 Å². The first-order valence-electron chi connectivity index (χ1n) is 8.06. The van der Waals surface area contributed by atoms with E-state index in [9.17, 15) is 13.6 Å². The second-order valence-electron chi connectivity index (χ2n) is 5.77. The van der Waals surface area contributed by atoms with Gasteiger partial charge in [0.2, 0.25) is 11.1 Å². The summed E-state index contributed by atoms with van der Waals surface area (Å²) in [4.78, 5) is 21.1. The number of anilines is 1. The van der Waals surface area contributed by atoms with Crippen LogP contribution in [0.5, 0.6) is 5.75 Å². The lowest BCUT2D eigenvalue weighted by atomic mass is 10.3. The van der Waals surface area contributed by atoms with Crippen molar-refractivity contribution in [3.63, 3.8) is 0 Å². The van der Waals surface area contributed by atoms with Gasteiger partial charge in [-0.15, -0.1) is 5.10 Å². The number of aryl methyl sites for hydroxylation is 2. The van der Waals surface area contributed by atoms with Crippen LogP contribution in [0.2, 0.25) is 0 Å². The van der Waals surface area contributed by atoms with Gasteiger partial charge in [0, 0.05) is 11.4 Å². The second kappa shape index (κ2) is 7.87. The zero-order valence-electron chi connectivity index (χ0n) is 14.8. The number of para-hydroxylation sites is 2. The molecule has 0 aliphatic rings. The lowest BCUT2D eigenvalue weighted by Gasteiger charge is -2.13. The third-order valence-electron chi connectivity index (χ3n) is 3.61. The standard InChI is InChI=1S/C17H17F2N5O2S/c1-9-8-10(2)24-16(20-9)22-17(23-24)27-11(3)14(25)21-12-6-4-5-7-13(12)26-15(18)19/h4-8,11,15H,1-3H3,(H,21,25). The Kier molecular flexibility index (Phi) is 5.54. The van der Waals surface area contributed by atoms with E-state index < -0.39 is 11.9 Å². The van der Waals surface area contributed by atoms with E-state index in [0.29, 0.717) is 10.9 Å². The van der Waals surface area contributed by atoms with Crippen molar-refractivity contribution < 1.29 is 18.3 Å². The third-order valence-corrected chi connectivity index (χ3v) is 4.56. The van der Waals surface area contributed by atoms with Gasteiger partial charge in [-0.2, -0.15) is 13.8 Å². The summed E-state index contributed by atoms with van der Waals surface area (Å²) in [7, 11) is 0. The number of amides is 1. The first-order chi connectivity index (χ1) is 12.8. The first kappa shape index (κ1) is 19.0. The molecule has 0 bridgehead atoms. The molecule has 1 atom stereocenters. The summed E-state index contributed by atoms with van der Waals surface area (Å²) in [6.45, 7) is 2.45.